The van der Waals surface area contributed by atoms with Crippen molar-refractivity contribution in [2.24, 2.45) is 0 Å². The maximum atomic E-state index is 11.8. The van der Waals surface area contributed by atoms with Gasteiger partial charge in [0.1, 0.15) is 6.17 Å². The molecule has 0 saturated carbocycles. The van der Waals surface area contributed by atoms with Gasteiger partial charge in [0.05, 0.1) is 29.9 Å². The lowest BCUT2D eigenvalue weighted by Gasteiger charge is -2.43. The van der Waals surface area contributed by atoms with Gasteiger partial charge in [-0.05, 0) is 37.5 Å². The van der Waals surface area contributed by atoms with Gasteiger partial charge in [0.15, 0.2) is 0 Å². The largest absolute Gasteiger partial charge is 0.478 e. The number of ether oxygens (including phenoxy) is 1. The van der Waals surface area contributed by atoms with Crippen LogP contribution in [0.1, 0.15) is 31.4 Å². The second-order valence-corrected chi connectivity index (χ2v) is 6.42. The van der Waals surface area contributed by atoms with E-state index in [1.807, 2.05) is 25.1 Å². The van der Waals surface area contributed by atoms with Crippen LogP contribution in [0.3, 0.4) is 0 Å². The van der Waals surface area contributed by atoms with Crippen molar-refractivity contribution in [1.82, 2.24) is 14.9 Å². The van der Waals surface area contributed by atoms with E-state index in [9.17, 15) is 4.79 Å². The topological polar surface area (TPSA) is 67.3 Å². The highest BCUT2D eigenvalue weighted by molar-refractivity contribution is 6.21. The summed E-state index contributed by atoms with van der Waals surface area (Å²) in [5.41, 5.74) is 1.80. The molecule has 0 radical (unpaired) electrons. The molecule has 3 heterocycles. The predicted octanol–water partition coefficient (Wildman–Crippen LogP) is 3.21. The van der Waals surface area contributed by atoms with E-state index in [4.69, 9.17) is 16.3 Å². The van der Waals surface area contributed by atoms with Gasteiger partial charge in [0.25, 0.3) is 0 Å². The Kier molecular flexibility index (Phi) is 5.71. The fourth-order valence-electron chi connectivity index (χ4n) is 3.09. The van der Waals surface area contributed by atoms with Gasteiger partial charge >= 0.3 is 0 Å². The van der Waals surface area contributed by atoms with Crippen LogP contribution in [0.15, 0.2) is 42.9 Å². The molecule has 1 aliphatic heterocycles. The summed E-state index contributed by atoms with van der Waals surface area (Å²) in [6.45, 7) is 2.48. The molecule has 6 nitrogen and oxygen atoms in total. The molecule has 25 heavy (non-hydrogen) atoms. The first kappa shape index (κ1) is 17.5. The Morgan fingerprint density at radius 2 is 2.24 bits per heavy atom. The third kappa shape index (κ3) is 4.02. The molecule has 3 rings (SSSR count). The maximum Gasteiger partial charge on any atom is 0.213 e. The molecule has 132 valence electrons. The number of hydrogen-bond acceptors (Lipinski definition) is 5. The fraction of sp³-hybridized carbons (Fsp3) is 0.389. The third-order valence-electron chi connectivity index (χ3n) is 4.27. The van der Waals surface area contributed by atoms with Crippen LogP contribution in [-0.2, 0) is 4.79 Å². The number of aromatic nitrogens is 2. The van der Waals surface area contributed by atoms with Crippen molar-refractivity contribution in [3.8, 4) is 5.88 Å². The first-order chi connectivity index (χ1) is 12.2. The van der Waals surface area contributed by atoms with Gasteiger partial charge in [-0.3, -0.25) is 9.78 Å². The standard InChI is InChI=1S/C18H21ClN4O2/c1-2-25-17-8-5-14(11-21-17)22-18-15(19)6-7-16(23(18)12-24)13-4-3-9-20-10-13/h3-5,8-12,15-16,18,22H,2,6-7H2,1H3. The predicted molar refractivity (Wildman–Crippen MR) is 96.6 cm³/mol. The molecule has 3 unspecified atom stereocenters. The van der Waals surface area contributed by atoms with Crippen LogP contribution in [0.4, 0.5) is 5.69 Å². The number of hydrogen-bond donors (Lipinski definition) is 1. The number of anilines is 1. The van der Waals surface area contributed by atoms with Crippen LogP contribution in [0.5, 0.6) is 5.88 Å². The number of carbonyl (C=O) groups excluding carboxylic acids is 1. The zero-order valence-electron chi connectivity index (χ0n) is 14.0. The summed E-state index contributed by atoms with van der Waals surface area (Å²) in [7, 11) is 0. The van der Waals surface area contributed by atoms with E-state index in [2.05, 4.69) is 15.3 Å². The molecule has 0 spiro atoms. The minimum absolute atomic E-state index is 0.0469. The normalized spacial score (nSPS) is 23.1. The van der Waals surface area contributed by atoms with Crippen molar-refractivity contribution in [2.45, 2.75) is 37.4 Å². The monoisotopic (exact) mass is 360 g/mol. The lowest BCUT2D eigenvalue weighted by molar-refractivity contribution is -0.123. The lowest BCUT2D eigenvalue weighted by Crippen LogP contribution is -2.51. The van der Waals surface area contributed by atoms with Crippen LogP contribution in [0.25, 0.3) is 0 Å². The van der Waals surface area contributed by atoms with Crippen molar-refractivity contribution < 1.29 is 9.53 Å². The fourth-order valence-corrected chi connectivity index (χ4v) is 3.41. The van der Waals surface area contributed by atoms with Gasteiger partial charge in [0, 0.05) is 18.5 Å². The quantitative estimate of drug-likeness (QED) is 0.633. The molecule has 0 bridgehead atoms. The molecule has 1 N–H and O–H groups in total. The highest BCUT2D eigenvalue weighted by Crippen LogP contribution is 2.35. The molecular formula is C18H21ClN4O2. The SMILES string of the molecule is CCOc1ccc(NC2C(Cl)CCC(c3cccnc3)N2C=O)cn1. The van der Waals surface area contributed by atoms with E-state index < -0.39 is 0 Å². The maximum absolute atomic E-state index is 11.8. The molecule has 3 atom stereocenters. The third-order valence-corrected chi connectivity index (χ3v) is 4.73. The first-order valence-corrected chi connectivity index (χ1v) is 8.78. The number of halogens is 1. The summed E-state index contributed by atoms with van der Waals surface area (Å²) >= 11 is 6.52. The molecular weight excluding hydrogens is 340 g/mol. The molecule has 2 aromatic rings. The summed E-state index contributed by atoms with van der Waals surface area (Å²) in [5, 5.41) is 3.13. The summed E-state index contributed by atoms with van der Waals surface area (Å²) in [5.74, 6) is 0.569. The second kappa shape index (κ2) is 8.16. The Morgan fingerprint density at radius 3 is 2.88 bits per heavy atom. The van der Waals surface area contributed by atoms with Gasteiger partial charge in [0.2, 0.25) is 12.3 Å². The Hall–Kier alpha value is -2.34. The highest BCUT2D eigenvalue weighted by Gasteiger charge is 2.36. The van der Waals surface area contributed by atoms with E-state index in [0.29, 0.717) is 12.5 Å². The number of rotatable bonds is 6. The number of likely N-dealkylation sites (tertiary alicyclic amines) is 1. The molecule has 1 fully saturated rings. The van der Waals surface area contributed by atoms with E-state index in [1.54, 1.807) is 29.6 Å². The van der Waals surface area contributed by atoms with Crippen molar-refractivity contribution in [3.05, 3.63) is 48.4 Å². The Morgan fingerprint density at radius 1 is 1.36 bits per heavy atom. The molecule has 1 saturated heterocycles. The van der Waals surface area contributed by atoms with Crippen molar-refractivity contribution >= 4 is 23.7 Å². The molecule has 0 aromatic carbocycles. The number of piperidine rings is 1. The minimum atomic E-state index is -0.321. The highest BCUT2D eigenvalue weighted by atomic mass is 35.5. The number of pyridine rings is 2. The molecule has 2 aromatic heterocycles. The molecule has 7 heteroatoms. The zero-order chi connectivity index (χ0) is 17.6. The van der Waals surface area contributed by atoms with E-state index in [1.165, 1.54) is 0 Å². The number of nitrogens with zero attached hydrogens (tertiary/aromatic N) is 3. The van der Waals surface area contributed by atoms with Crippen molar-refractivity contribution in [2.75, 3.05) is 11.9 Å². The molecule has 1 aliphatic rings. The number of carbonyl (C=O) groups is 1. The van der Waals surface area contributed by atoms with Crippen LogP contribution >= 0.6 is 11.6 Å². The van der Waals surface area contributed by atoms with E-state index in [0.717, 1.165) is 30.5 Å². The van der Waals surface area contributed by atoms with Crippen LogP contribution < -0.4 is 10.1 Å². The summed E-state index contributed by atoms with van der Waals surface area (Å²) in [6.07, 6.45) is 7.34. The van der Waals surface area contributed by atoms with Gasteiger partial charge in [-0.25, -0.2) is 4.98 Å². The van der Waals surface area contributed by atoms with Crippen LogP contribution in [-0.4, -0.2) is 39.4 Å². The van der Waals surface area contributed by atoms with Gasteiger partial charge in [-0.15, -0.1) is 11.6 Å². The van der Waals surface area contributed by atoms with E-state index in [-0.39, 0.29) is 17.6 Å². The smallest absolute Gasteiger partial charge is 0.213 e. The zero-order valence-corrected chi connectivity index (χ0v) is 14.8. The van der Waals surface area contributed by atoms with Gasteiger partial charge < -0.3 is 15.0 Å². The minimum Gasteiger partial charge on any atom is -0.478 e. The summed E-state index contributed by atoms with van der Waals surface area (Å²) in [4.78, 5) is 21.9. The number of amides is 1. The van der Waals surface area contributed by atoms with E-state index >= 15 is 0 Å². The molecule has 1 amide bonds. The summed E-state index contributed by atoms with van der Waals surface area (Å²) in [6, 6.07) is 7.48. The Bertz CT molecular complexity index is 683. The second-order valence-electron chi connectivity index (χ2n) is 5.86. The average molecular weight is 361 g/mol. The van der Waals surface area contributed by atoms with Crippen LogP contribution in [0.2, 0.25) is 0 Å². The Balaban J connectivity index is 1.79. The first-order valence-electron chi connectivity index (χ1n) is 8.35. The van der Waals surface area contributed by atoms with Crippen LogP contribution in [0, 0.1) is 0 Å². The van der Waals surface area contributed by atoms with Crippen molar-refractivity contribution in [3.63, 3.8) is 0 Å². The number of nitrogens with one attached hydrogen (secondary N) is 1. The summed E-state index contributed by atoms with van der Waals surface area (Å²) < 4.78 is 5.35. The van der Waals surface area contributed by atoms with Gasteiger partial charge in [-0.1, -0.05) is 6.07 Å². The Labute approximate surface area is 152 Å². The van der Waals surface area contributed by atoms with Gasteiger partial charge in [-0.2, -0.15) is 0 Å². The molecule has 0 aliphatic carbocycles. The average Bonchev–Trinajstić information content (AvgIpc) is 2.65. The number of alkyl halides is 1. The lowest BCUT2D eigenvalue weighted by atomic mass is 9.94. The van der Waals surface area contributed by atoms with Crippen molar-refractivity contribution in [1.29, 1.82) is 0 Å².